The van der Waals surface area contributed by atoms with E-state index in [1.54, 1.807) is 0 Å². The molecule has 2 heterocycles. The van der Waals surface area contributed by atoms with E-state index in [1.165, 1.54) is 16.0 Å². The second-order valence-electron chi connectivity index (χ2n) is 6.72. The third-order valence-electron chi connectivity index (χ3n) is 4.46. The molecule has 0 spiro atoms. The molecule has 0 unspecified atom stereocenters. The maximum absolute atomic E-state index is 10.7. The molecule has 0 fully saturated rings. The first-order valence-electron chi connectivity index (χ1n) is 9.04. The maximum Gasteiger partial charge on any atom is 0.470 e. The van der Waals surface area contributed by atoms with Crippen molar-refractivity contribution in [2.45, 2.75) is 24.5 Å². The van der Waals surface area contributed by atoms with Gasteiger partial charge in [-0.25, -0.2) is 4.98 Å². The molecule has 3 aromatic rings. The molecule has 1 aliphatic rings. The molecule has 4 nitrogen and oxygen atoms in total. The van der Waals surface area contributed by atoms with Crippen LogP contribution < -0.4 is 10.6 Å². The van der Waals surface area contributed by atoms with Crippen molar-refractivity contribution in [1.29, 1.82) is 0 Å². The molecule has 0 saturated heterocycles. The SMILES string of the molecule is Cc1ccc2nc(N3CCSc4ccccc4C3)cc(Cl)c2c1.NC(=O)C(F)(F)F. The Morgan fingerprint density at radius 3 is 2.60 bits per heavy atom. The van der Waals surface area contributed by atoms with E-state index in [-0.39, 0.29) is 0 Å². The minimum absolute atomic E-state index is 0.777. The van der Waals surface area contributed by atoms with Crippen molar-refractivity contribution >= 4 is 46.0 Å². The van der Waals surface area contributed by atoms with E-state index in [9.17, 15) is 13.2 Å². The van der Waals surface area contributed by atoms with Gasteiger partial charge in [0.15, 0.2) is 0 Å². The number of anilines is 1. The van der Waals surface area contributed by atoms with Gasteiger partial charge < -0.3 is 10.6 Å². The number of hydrogen-bond donors (Lipinski definition) is 1. The zero-order valence-corrected chi connectivity index (χ0v) is 17.6. The second kappa shape index (κ2) is 9.14. The quantitative estimate of drug-likeness (QED) is 0.540. The van der Waals surface area contributed by atoms with Gasteiger partial charge in [-0.15, -0.1) is 11.8 Å². The number of alkyl halides is 3. The topological polar surface area (TPSA) is 59.2 Å². The number of amides is 1. The summed E-state index contributed by atoms with van der Waals surface area (Å²) in [5.41, 5.74) is 7.33. The van der Waals surface area contributed by atoms with Gasteiger partial charge in [0.2, 0.25) is 0 Å². The molecule has 0 saturated carbocycles. The van der Waals surface area contributed by atoms with E-state index < -0.39 is 12.1 Å². The Labute approximate surface area is 181 Å². The van der Waals surface area contributed by atoms with Gasteiger partial charge in [-0.2, -0.15) is 13.2 Å². The van der Waals surface area contributed by atoms with Crippen LogP contribution >= 0.6 is 23.4 Å². The number of fused-ring (bicyclic) bond motifs is 2. The fourth-order valence-electron chi connectivity index (χ4n) is 2.97. The first-order chi connectivity index (χ1) is 14.1. The number of carbonyl (C=O) groups is 1. The average molecular weight is 454 g/mol. The fourth-order valence-corrected chi connectivity index (χ4v) is 4.24. The van der Waals surface area contributed by atoms with Crippen LogP contribution in [-0.2, 0) is 11.3 Å². The molecule has 2 aromatic carbocycles. The summed E-state index contributed by atoms with van der Waals surface area (Å²) in [6.45, 7) is 3.93. The largest absolute Gasteiger partial charge is 0.470 e. The van der Waals surface area contributed by atoms with Crippen molar-refractivity contribution in [2.24, 2.45) is 5.73 Å². The standard InChI is InChI=1S/C19H17ClN2S.C2H2F3NO/c1-13-6-7-17-15(10-13)16(20)11-19(21-17)22-8-9-23-18-5-3-2-4-14(18)12-22;3-2(4,5)1(6)7/h2-7,10-11H,8-9,12H2,1H3;(H2,6,7). The van der Waals surface area contributed by atoms with Crippen molar-refractivity contribution in [1.82, 2.24) is 4.98 Å². The van der Waals surface area contributed by atoms with Crippen LogP contribution in [0.5, 0.6) is 0 Å². The molecular formula is C21H19ClF3N3OS. The van der Waals surface area contributed by atoms with Crippen LogP contribution in [-0.4, -0.2) is 29.4 Å². The Balaban J connectivity index is 0.000000318. The first kappa shape index (κ1) is 22.2. The fraction of sp³-hybridized carbons (Fsp3) is 0.238. The molecule has 9 heteroatoms. The van der Waals surface area contributed by atoms with Gasteiger partial charge in [0.05, 0.1) is 10.5 Å². The first-order valence-corrected chi connectivity index (χ1v) is 10.4. The molecule has 0 bridgehead atoms. The number of carbonyl (C=O) groups excluding carboxylic acids is 1. The second-order valence-corrected chi connectivity index (χ2v) is 8.27. The zero-order valence-electron chi connectivity index (χ0n) is 16.0. The van der Waals surface area contributed by atoms with Crippen LogP contribution in [0.1, 0.15) is 11.1 Å². The van der Waals surface area contributed by atoms with E-state index in [4.69, 9.17) is 21.4 Å². The number of thioether (sulfide) groups is 1. The smallest absolute Gasteiger partial charge is 0.362 e. The lowest BCUT2D eigenvalue weighted by Gasteiger charge is -2.22. The predicted molar refractivity (Wildman–Crippen MR) is 115 cm³/mol. The highest BCUT2D eigenvalue weighted by Gasteiger charge is 2.35. The Bertz CT molecular complexity index is 1080. The summed E-state index contributed by atoms with van der Waals surface area (Å²) >= 11 is 8.44. The number of pyridine rings is 1. The Morgan fingerprint density at radius 1 is 1.20 bits per heavy atom. The molecule has 1 aliphatic heterocycles. The number of aromatic nitrogens is 1. The highest BCUT2D eigenvalue weighted by Crippen LogP contribution is 2.32. The van der Waals surface area contributed by atoms with Crippen LogP contribution in [0, 0.1) is 6.92 Å². The van der Waals surface area contributed by atoms with Gasteiger partial charge in [0, 0.05) is 29.1 Å². The maximum atomic E-state index is 10.7. The number of primary amides is 1. The molecule has 0 atom stereocenters. The van der Waals surface area contributed by atoms with Crippen molar-refractivity contribution in [3.8, 4) is 0 Å². The average Bonchev–Trinajstić information content (AvgIpc) is 2.90. The molecule has 158 valence electrons. The van der Waals surface area contributed by atoms with Gasteiger partial charge in [-0.1, -0.05) is 41.4 Å². The normalized spacial score (nSPS) is 13.8. The van der Waals surface area contributed by atoms with Crippen molar-refractivity contribution in [3.63, 3.8) is 0 Å². The lowest BCUT2D eigenvalue weighted by molar-refractivity contribution is -0.169. The molecule has 2 N–H and O–H groups in total. The summed E-state index contributed by atoms with van der Waals surface area (Å²) in [6.07, 6.45) is -4.86. The van der Waals surface area contributed by atoms with E-state index in [1.807, 2.05) is 17.8 Å². The van der Waals surface area contributed by atoms with Gasteiger partial charge in [-0.3, -0.25) is 4.79 Å². The highest BCUT2D eigenvalue weighted by molar-refractivity contribution is 7.99. The summed E-state index contributed by atoms with van der Waals surface area (Å²) in [4.78, 5) is 17.7. The Kier molecular flexibility index (Phi) is 6.77. The lowest BCUT2D eigenvalue weighted by atomic mass is 10.1. The number of nitrogens with zero attached hydrogens (tertiary/aromatic N) is 2. The van der Waals surface area contributed by atoms with E-state index >= 15 is 0 Å². The summed E-state index contributed by atoms with van der Waals surface area (Å²) < 4.78 is 32.1. The monoisotopic (exact) mass is 453 g/mol. The van der Waals surface area contributed by atoms with Crippen molar-refractivity contribution in [3.05, 3.63) is 64.7 Å². The highest BCUT2D eigenvalue weighted by atomic mass is 35.5. The van der Waals surface area contributed by atoms with Gasteiger partial charge >= 0.3 is 12.1 Å². The van der Waals surface area contributed by atoms with Gasteiger partial charge in [0.25, 0.3) is 0 Å². The molecule has 4 rings (SSSR count). The summed E-state index contributed by atoms with van der Waals surface area (Å²) in [5.74, 6) is -0.237. The van der Waals surface area contributed by atoms with Crippen molar-refractivity contribution < 1.29 is 18.0 Å². The van der Waals surface area contributed by atoms with Crippen LogP contribution in [0.15, 0.2) is 53.4 Å². The number of halogens is 4. The summed E-state index contributed by atoms with van der Waals surface area (Å²) in [6, 6.07) is 16.9. The lowest BCUT2D eigenvalue weighted by Crippen LogP contribution is -2.30. The van der Waals surface area contributed by atoms with Crippen LogP contribution in [0.2, 0.25) is 5.02 Å². The Morgan fingerprint density at radius 2 is 1.90 bits per heavy atom. The van der Waals surface area contributed by atoms with E-state index in [0.717, 1.165) is 40.6 Å². The van der Waals surface area contributed by atoms with E-state index in [0.29, 0.717) is 0 Å². The predicted octanol–water partition coefficient (Wildman–Crippen LogP) is 5.34. The number of hydrogen-bond acceptors (Lipinski definition) is 4. The van der Waals surface area contributed by atoms with Crippen LogP contribution in [0.25, 0.3) is 10.9 Å². The van der Waals surface area contributed by atoms with Crippen molar-refractivity contribution in [2.75, 3.05) is 17.2 Å². The third-order valence-corrected chi connectivity index (χ3v) is 5.86. The third kappa shape index (κ3) is 5.37. The number of rotatable bonds is 1. The summed E-state index contributed by atoms with van der Waals surface area (Å²) in [5, 5.41) is 1.80. The molecule has 1 amide bonds. The molecular weight excluding hydrogens is 435 g/mol. The summed E-state index contributed by atoms with van der Waals surface area (Å²) in [7, 11) is 0. The molecule has 0 radical (unpaired) electrons. The van der Waals surface area contributed by atoms with Crippen LogP contribution in [0.4, 0.5) is 19.0 Å². The number of aryl methyl sites for hydroxylation is 1. The molecule has 30 heavy (non-hydrogen) atoms. The minimum atomic E-state index is -4.86. The van der Waals surface area contributed by atoms with Gasteiger partial charge in [0.1, 0.15) is 5.82 Å². The van der Waals surface area contributed by atoms with Gasteiger partial charge in [-0.05, 0) is 36.8 Å². The zero-order chi connectivity index (χ0) is 21.9. The molecule has 1 aromatic heterocycles. The van der Waals surface area contributed by atoms with Crippen LogP contribution in [0.3, 0.4) is 0 Å². The molecule has 0 aliphatic carbocycles. The Hall–Kier alpha value is -2.45. The number of nitrogens with two attached hydrogens (primary N) is 1. The minimum Gasteiger partial charge on any atom is -0.362 e. The number of benzene rings is 2. The van der Waals surface area contributed by atoms with E-state index in [2.05, 4.69) is 60.0 Å².